The van der Waals surface area contributed by atoms with E-state index in [9.17, 15) is 9.90 Å². The molecule has 160 valence electrons. The van der Waals surface area contributed by atoms with Gasteiger partial charge in [-0.3, -0.25) is 13.9 Å². The van der Waals surface area contributed by atoms with Crippen molar-refractivity contribution in [1.29, 1.82) is 0 Å². The molecule has 0 fully saturated rings. The number of halogens is 1. The molecule has 0 aliphatic carbocycles. The summed E-state index contributed by atoms with van der Waals surface area (Å²) in [5, 5.41) is 19.6. The van der Waals surface area contributed by atoms with E-state index in [2.05, 4.69) is 10.2 Å². The van der Waals surface area contributed by atoms with Crippen LogP contribution in [0.15, 0.2) is 87.8 Å². The van der Waals surface area contributed by atoms with Gasteiger partial charge in [-0.25, -0.2) is 0 Å². The summed E-state index contributed by atoms with van der Waals surface area (Å²) in [6.07, 6.45) is 0. The van der Waals surface area contributed by atoms with Crippen LogP contribution in [0.25, 0.3) is 11.4 Å². The Bertz CT molecular complexity index is 1440. The van der Waals surface area contributed by atoms with E-state index >= 15 is 0 Å². The summed E-state index contributed by atoms with van der Waals surface area (Å²) in [5.41, 5.74) is 2.77. The second-order valence-corrected chi connectivity index (χ2v) is 8.03. The van der Waals surface area contributed by atoms with E-state index in [1.54, 1.807) is 36.4 Å². The third-order valence-electron chi connectivity index (χ3n) is 4.91. The zero-order chi connectivity index (χ0) is 22.8. The highest BCUT2D eigenvalue weighted by Crippen LogP contribution is 2.31. The van der Waals surface area contributed by atoms with E-state index in [0.29, 0.717) is 22.1 Å². The predicted molar refractivity (Wildman–Crippen MR) is 129 cm³/mol. The lowest BCUT2D eigenvalue weighted by molar-refractivity contribution is 0.432. The first-order chi connectivity index (χ1) is 15.4. The highest BCUT2D eigenvalue weighted by molar-refractivity contribution is 7.71. The molecule has 0 aliphatic rings. The van der Waals surface area contributed by atoms with Crippen LogP contribution in [-0.4, -0.2) is 14.2 Å². The summed E-state index contributed by atoms with van der Waals surface area (Å²) in [6.45, 7) is 3.91. The van der Waals surface area contributed by atoms with Gasteiger partial charge < -0.3 is 5.11 Å². The Balaban J connectivity index is 2.01. The molecule has 32 heavy (non-hydrogen) atoms. The summed E-state index contributed by atoms with van der Waals surface area (Å²) in [7, 11) is 0. The second kappa shape index (κ2) is 8.90. The molecule has 4 aromatic rings. The zero-order valence-electron chi connectivity index (χ0n) is 17.4. The first-order valence-electron chi connectivity index (χ1n) is 9.78. The highest BCUT2D eigenvalue weighted by Gasteiger charge is 2.19. The summed E-state index contributed by atoms with van der Waals surface area (Å²) in [4.78, 5) is 13.4. The van der Waals surface area contributed by atoms with Crippen LogP contribution in [-0.2, 0) is 0 Å². The van der Waals surface area contributed by atoms with E-state index in [4.69, 9.17) is 23.8 Å². The van der Waals surface area contributed by atoms with Gasteiger partial charge in [0.05, 0.1) is 16.4 Å². The van der Waals surface area contributed by atoms with Crippen LogP contribution in [0.1, 0.15) is 11.1 Å². The van der Waals surface area contributed by atoms with Gasteiger partial charge in [0.25, 0.3) is 5.56 Å². The van der Waals surface area contributed by atoms with E-state index in [-0.39, 0.29) is 10.5 Å². The van der Waals surface area contributed by atoms with Gasteiger partial charge in [-0.05, 0) is 62.5 Å². The number of aromatic hydroxyl groups is 1. The second-order valence-electron chi connectivity index (χ2n) is 7.25. The lowest BCUT2D eigenvalue weighted by atomic mass is 10.2. The summed E-state index contributed by atoms with van der Waals surface area (Å²) >= 11 is 11.8. The molecule has 0 saturated heterocycles. The van der Waals surface area contributed by atoms with Crippen molar-refractivity contribution in [3.63, 3.8) is 0 Å². The Morgan fingerprint density at radius 1 is 0.812 bits per heavy atom. The Hall–Kier alpha value is -3.55. The first kappa shape index (κ1) is 21.7. The van der Waals surface area contributed by atoms with Crippen molar-refractivity contribution in [1.82, 2.24) is 9.13 Å². The van der Waals surface area contributed by atoms with Gasteiger partial charge in [0, 0.05) is 0 Å². The van der Waals surface area contributed by atoms with Crippen molar-refractivity contribution < 1.29 is 5.11 Å². The average molecular weight is 463 g/mol. The average Bonchev–Trinajstić information content (AvgIpc) is 2.77. The number of aromatic nitrogens is 2. The van der Waals surface area contributed by atoms with Gasteiger partial charge in [-0.1, -0.05) is 59.1 Å². The summed E-state index contributed by atoms with van der Waals surface area (Å²) in [5.74, 6) is -0.400. The number of aryl methyl sites for hydroxylation is 2. The van der Waals surface area contributed by atoms with Crippen LogP contribution in [0.5, 0.6) is 5.88 Å². The molecule has 3 aromatic carbocycles. The number of azo groups is 1. The Morgan fingerprint density at radius 3 is 1.91 bits per heavy atom. The molecule has 0 amide bonds. The molecular weight excluding hydrogens is 444 g/mol. The molecule has 0 radical (unpaired) electrons. The Kier molecular flexibility index (Phi) is 6.03. The van der Waals surface area contributed by atoms with Crippen LogP contribution >= 0.6 is 23.8 Å². The minimum Gasteiger partial charge on any atom is -0.492 e. The third kappa shape index (κ3) is 4.12. The molecule has 0 atom stereocenters. The van der Waals surface area contributed by atoms with E-state index < -0.39 is 11.4 Å². The third-order valence-corrected chi connectivity index (χ3v) is 5.59. The molecule has 0 spiro atoms. The number of nitrogens with zero attached hydrogens (tertiary/aromatic N) is 4. The molecule has 1 aromatic heterocycles. The van der Waals surface area contributed by atoms with Crippen molar-refractivity contribution in [2.45, 2.75) is 13.8 Å². The predicted octanol–water partition coefficient (Wildman–Crippen LogP) is 6.75. The number of rotatable bonds is 4. The van der Waals surface area contributed by atoms with Gasteiger partial charge in [0.1, 0.15) is 5.69 Å². The van der Waals surface area contributed by atoms with Gasteiger partial charge >= 0.3 is 0 Å². The monoisotopic (exact) mass is 462 g/mol. The lowest BCUT2D eigenvalue weighted by Crippen LogP contribution is -2.23. The van der Waals surface area contributed by atoms with Crippen molar-refractivity contribution in [3.8, 4) is 17.3 Å². The van der Waals surface area contributed by atoms with Gasteiger partial charge in [-0.15, -0.1) is 10.2 Å². The topological polar surface area (TPSA) is 71.9 Å². The molecule has 0 aliphatic heterocycles. The largest absolute Gasteiger partial charge is 0.492 e. The summed E-state index contributed by atoms with van der Waals surface area (Å²) in [6, 6.07) is 21.6. The van der Waals surface area contributed by atoms with Crippen LogP contribution in [0.4, 0.5) is 11.4 Å². The molecule has 6 nitrogen and oxygen atoms in total. The maximum Gasteiger partial charge on any atom is 0.290 e. The van der Waals surface area contributed by atoms with Crippen molar-refractivity contribution in [2.24, 2.45) is 10.2 Å². The highest BCUT2D eigenvalue weighted by atomic mass is 35.5. The first-order valence-corrected chi connectivity index (χ1v) is 10.6. The smallest absolute Gasteiger partial charge is 0.290 e. The molecule has 8 heteroatoms. The van der Waals surface area contributed by atoms with Crippen molar-refractivity contribution in [2.75, 3.05) is 0 Å². The maximum atomic E-state index is 13.4. The van der Waals surface area contributed by atoms with E-state index in [0.717, 1.165) is 11.1 Å². The quantitative estimate of drug-likeness (QED) is 0.269. The fourth-order valence-corrected chi connectivity index (χ4v) is 3.71. The SMILES string of the molecule is Cc1ccc(-n2c(O)c(N=Nc3ccccc3Cl)c(=O)n(-c3ccc(C)cc3)c2=S)cc1. The van der Waals surface area contributed by atoms with E-state index in [1.165, 1.54) is 9.13 Å². The normalized spacial score (nSPS) is 11.2. The number of hydrogen-bond donors (Lipinski definition) is 1. The minimum atomic E-state index is -0.587. The molecule has 1 heterocycles. The van der Waals surface area contributed by atoms with Crippen LogP contribution in [0.3, 0.4) is 0 Å². The molecule has 0 saturated carbocycles. The van der Waals surface area contributed by atoms with Gasteiger partial charge in [0.2, 0.25) is 11.6 Å². The molecular formula is C24H19ClN4O2S. The van der Waals surface area contributed by atoms with Crippen LogP contribution in [0, 0.1) is 18.6 Å². The molecule has 0 bridgehead atoms. The fraction of sp³-hybridized carbons (Fsp3) is 0.0833. The maximum absolute atomic E-state index is 13.4. The lowest BCUT2D eigenvalue weighted by Gasteiger charge is -2.16. The summed E-state index contributed by atoms with van der Waals surface area (Å²) < 4.78 is 2.84. The van der Waals surface area contributed by atoms with Gasteiger partial charge in [-0.2, -0.15) is 0 Å². The van der Waals surface area contributed by atoms with Crippen LogP contribution < -0.4 is 5.56 Å². The number of benzene rings is 3. The Morgan fingerprint density at radius 2 is 1.34 bits per heavy atom. The van der Waals surface area contributed by atoms with Crippen molar-refractivity contribution in [3.05, 3.63) is 104 Å². The fourth-order valence-electron chi connectivity index (χ4n) is 3.16. The number of hydrogen-bond acceptors (Lipinski definition) is 5. The van der Waals surface area contributed by atoms with Crippen LogP contribution in [0.2, 0.25) is 5.02 Å². The molecule has 0 unspecified atom stereocenters. The minimum absolute atomic E-state index is 0.108. The van der Waals surface area contributed by atoms with E-state index in [1.807, 2.05) is 50.2 Å². The standard InChI is InChI=1S/C24H19ClN4O2S/c1-15-7-11-17(12-8-15)28-22(30)21(27-26-20-6-4-3-5-19(20)25)23(31)29(24(28)32)18-13-9-16(2)10-14-18/h3-14,30H,1-2H3. The zero-order valence-corrected chi connectivity index (χ0v) is 18.9. The Labute approximate surface area is 194 Å². The molecule has 4 rings (SSSR count). The molecule has 1 N–H and O–H groups in total. The van der Waals surface area contributed by atoms with Crippen molar-refractivity contribution >= 4 is 35.2 Å². The van der Waals surface area contributed by atoms with Gasteiger partial charge in [0.15, 0.2) is 4.77 Å².